The molecule has 0 fully saturated rings. The number of pyridine rings is 1. The van der Waals surface area contributed by atoms with E-state index in [0.29, 0.717) is 0 Å². The number of fused-ring (bicyclic) bond motifs is 1. The fraction of sp³-hybridized carbons (Fsp3) is 0.154. The predicted molar refractivity (Wildman–Crippen MR) is 66.5 cm³/mol. The first-order valence-electron chi connectivity index (χ1n) is 5.62. The summed E-state index contributed by atoms with van der Waals surface area (Å²) in [6.45, 7) is 2.05. The van der Waals surface area contributed by atoms with Crippen LogP contribution >= 0.6 is 0 Å². The quantitative estimate of drug-likeness (QED) is 0.727. The number of aromatic nitrogens is 4. The van der Waals surface area contributed by atoms with Gasteiger partial charge in [-0.15, -0.1) is 0 Å². The molecule has 0 atom stereocenters. The maximum atomic E-state index is 4.52. The highest BCUT2D eigenvalue weighted by Gasteiger charge is 2.07. The maximum Gasteiger partial charge on any atom is 0.128 e. The summed E-state index contributed by atoms with van der Waals surface area (Å²) in [7, 11) is 0. The van der Waals surface area contributed by atoms with Crippen LogP contribution in [0.15, 0.2) is 36.9 Å². The van der Waals surface area contributed by atoms with Gasteiger partial charge in [-0.1, -0.05) is 6.92 Å². The van der Waals surface area contributed by atoms with E-state index in [1.165, 1.54) is 0 Å². The number of rotatable bonds is 2. The molecular formula is C13H12N4. The summed E-state index contributed by atoms with van der Waals surface area (Å²) in [5.74, 6) is 0.862. The van der Waals surface area contributed by atoms with Gasteiger partial charge in [0.15, 0.2) is 0 Å². The van der Waals surface area contributed by atoms with Crippen LogP contribution in [0.1, 0.15) is 12.7 Å². The van der Waals surface area contributed by atoms with Crippen LogP contribution in [-0.2, 0) is 6.42 Å². The third kappa shape index (κ3) is 1.67. The summed E-state index contributed by atoms with van der Waals surface area (Å²) in [4.78, 5) is 16.1. The van der Waals surface area contributed by atoms with E-state index in [9.17, 15) is 0 Å². The Morgan fingerprint density at radius 2 is 2.18 bits per heavy atom. The molecule has 3 rings (SSSR count). The van der Waals surface area contributed by atoms with Crippen molar-refractivity contribution in [2.75, 3.05) is 0 Å². The van der Waals surface area contributed by atoms with Crippen LogP contribution in [0.2, 0.25) is 0 Å². The average Bonchev–Trinajstić information content (AvgIpc) is 2.82. The van der Waals surface area contributed by atoms with Gasteiger partial charge >= 0.3 is 0 Å². The van der Waals surface area contributed by atoms with Crippen LogP contribution in [0.5, 0.6) is 0 Å². The van der Waals surface area contributed by atoms with Gasteiger partial charge in [0.1, 0.15) is 5.82 Å². The number of hydrogen-bond acceptors (Lipinski definition) is 3. The Morgan fingerprint density at radius 3 is 3.06 bits per heavy atom. The molecule has 0 unspecified atom stereocenters. The molecule has 0 aliphatic carbocycles. The molecular weight excluding hydrogens is 212 g/mol. The first-order chi connectivity index (χ1) is 8.38. The van der Waals surface area contributed by atoms with Crippen molar-refractivity contribution in [2.24, 2.45) is 0 Å². The molecule has 0 radical (unpaired) electrons. The van der Waals surface area contributed by atoms with E-state index >= 15 is 0 Å². The number of aryl methyl sites for hydroxylation is 1. The zero-order valence-corrected chi connectivity index (χ0v) is 9.51. The lowest BCUT2D eigenvalue weighted by Crippen LogP contribution is -1.93. The van der Waals surface area contributed by atoms with E-state index in [1.54, 1.807) is 12.4 Å². The fourth-order valence-electron chi connectivity index (χ4n) is 1.89. The smallest absolute Gasteiger partial charge is 0.128 e. The van der Waals surface area contributed by atoms with Crippen molar-refractivity contribution in [3.63, 3.8) is 0 Å². The third-order valence-corrected chi connectivity index (χ3v) is 2.78. The van der Waals surface area contributed by atoms with Gasteiger partial charge in [-0.05, 0) is 12.1 Å². The molecule has 84 valence electrons. The van der Waals surface area contributed by atoms with Crippen LogP contribution in [0.4, 0.5) is 0 Å². The topological polar surface area (TPSA) is 54.5 Å². The van der Waals surface area contributed by atoms with Gasteiger partial charge in [0.25, 0.3) is 0 Å². The minimum Gasteiger partial charge on any atom is -0.360 e. The molecule has 4 nitrogen and oxygen atoms in total. The number of aromatic amines is 1. The van der Waals surface area contributed by atoms with E-state index < -0.39 is 0 Å². The standard InChI is InChI=1S/C13H12N4/c1-2-13-15-6-4-12(17-13)10-8-16-11-3-5-14-7-9(10)11/h3-8,16H,2H2,1H3. The van der Waals surface area contributed by atoms with E-state index in [0.717, 1.165) is 34.4 Å². The van der Waals surface area contributed by atoms with Crippen LogP contribution in [0, 0.1) is 0 Å². The molecule has 3 heterocycles. The second-order valence-electron chi connectivity index (χ2n) is 3.84. The number of nitrogens with zero attached hydrogens (tertiary/aromatic N) is 3. The Labute approximate surface area is 98.8 Å². The van der Waals surface area contributed by atoms with E-state index in [2.05, 4.69) is 26.9 Å². The summed E-state index contributed by atoms with van der Waals surface area (Å²) in [6.07, 6.45) is 8.24. The SMILES string of the molecule is CCc1nccc(-c2c[nH]c3ccncc23)n1. The van der Waals surface area contributed by atoms with Crippen LogP contribution in [0.25, 0.3) is 22.2 Å². The van der Waals surface area contributed by atoms with E-state index in [1.807, 2.05) is 24.5 Å². The van der Waals surface area contributed by atoms with Crippen molar-refractivity contribution in [3.8, 4) is 11.3 Å². The lowest BCUT2D eigenvalue weighted by Gasteiger charge is -2.00. The Balaban J connectivity index is 2.20. The van der Waals surface area contributed by atoms with Crippen molar-refractivity contribution in [1.82, 2.24) is 19.9 Å². The number of nitrogens with one attached hydrogen (secondary N) is 1. The molecule has 17 heavy (non-hydrogen) atoms. The average molecular weight is 224 g/mol. The summed E-state index contributed by atoms with van der Waals surface area (Å²) in [6, 6.07) is 3.88. The van der Waals surface area contributed by atoms with Crippen LogP contribution < -0.4 is 0 Å². The normalized spacial score (nSPS) is 10.9. The van der Waals surface area contributed by atoms with Crippen molar-refractivity contribution >= 4 is 10.9 Å². The zero-order valence-electron chi connectivity index (χ0n) is 9.51. The molecule has 0 aliphatic rings. The molecule has 3 aromatic rings. The van der Waals surface area contributed by atoms with Gasteiger partial charge in [0, 0.05) is 47.7 Å². The van der Waals surface area contributed by atoms with Gasteiger partial charge in [-0.2, -0.15) is 0 Å². The molecule has 0 saturated heterocycles. The minimum atomic E-state index is 0.842. The Kier molecular flexibility index (Phi) is 2.33. The molecule has 0 aliphatic heterocycles. The first-order valence-corrected chi connectivity index (χ1v) is 5.62. The van der Waals surface area contributed by atoms with Crippen molar-refractivity contribution in [3.05, 3.63) is 42.7 Å². The zero-order chi connectivity index (χ0) is 11.7. The Bertz CT molecular complexity index is 657. The molecule has 0 spiro atoms. The highest BCUT2D eigenvalue weighted by molar-refractivity contribution is 5.93. The maximum absolute atomic E-state index is 4.52. The summed E-state index contributed by atoms with van der Waals surface area (Å²) < 4.78 is 0. The Morgan fingerprint density at radius 1 is 1.24 bits per heavy atom. The Hall–Kier alpha value is -2.23. The predicted octanol–water partition coefficient (Wildman–Crippen LogP) is 2.58. The summed E-state index contributed by atoms with van der Waals surface area (Å²) in [5.41, 5.74) is 3.09. The van der Waals surface area contributed by atoms with Crippen LogP contribution in [-0.4, -0.2) is 19.9 Å². The lowest BCUT2D eigenvalue weighted by molar-refractivity contribution is 0.943. The van der Waals surface area contributed by atoms with E-state index in [-0.39, 0.29) is 0 Å². The third-order valence-electron chi connectivity index (χ3n) is 2.78. The van der Waals surface area contributed by atoms with Gasteiger partial charge < -0.3 is 4.98 Å². The molecule has 0 bridgehead atoms. The summed E-state index contributed by atoms with van der Waals surface area (Å²) in [5, 5.41) is 1.09. The first kappa shape index (κ1) is 9.96. The van der Waals surface area contributed by atoms with Crippen molar-refractivity contribution < 1.29 is 0 Å². The molecule has 0 saturated carbocycles. The molecule has 1 N–H and O–H groups in total. The largest absolute Gasteiger partial charge is 0.360 e. The minimum absolute atomic E-state index is 0.842. The highest BCUT2D eigenvalue weighted by atomic mass is 14.9. The number of hydrogen-bond donors (Lipinski definition) is 1. The van der Waals surface area contributed by atoms with Gasteiger partial charge in [-0.25, -0.2) is 9.97 Å². The monoisotopic (exact) mass is 224 g/mol. The molecule has 3 aromatic heterocycles. The lowest BCUT2D eigenvalue weighted by atomic mass is 10.1. The van der Waals surface area contributed by atoms with Crippen molar-refractivity contribution in [2.45, 2.75) is 13.3 Å². The molecule has 0 amide bonds. The van der Waals surface area contributed by atoms with Gasteiger partial charge in [0.2, 0.25) is 0 Å². The second-order valence-corrected chi connectivity index (χ2v) is 3.84. The molecule has 0 aromatic carbocycles. The van der Waals surface area contributed by atoms with Crippen molar-refractivity contribution in [1.29, 1.82) is 0 Å². The summed E-state index contributed by atoms with van der Waals surface area (Å²) >= 11 is 0. The molecule has 4 heteroatoms. The highest BCUT2D eigenvalue weighted by Crippen LogP contribution is 2.25. The fourth-order valence-corrected chi connectivity index (χ4v) is 1.89. The second kappa shape index (κ2) is 3.97. The number of H-pyrrole nitrogens is 1. The van der Waals surface area contributed by atoms with E-state index in [4.69, 9.17) is 0 Å². The van der Waals surface area contributed by atoms with Gasteiger partial charge in [-0.3, -0.25) is 4.98 Å². The van der Waals surface area contributed by atoms with Gasteiger partial charge in [0.05, 0.1) is 5.69 Å². The van der Waals surface area contributed by atoms with Crippen LogP contribution in [0.3, 0.4) is 0 Å².